The smallest absolute Gasteiger partial charge is 0.270 e. The molecule has 3 aromatic rings. The van der Waals surface area contributed by atoms with Crippen LogP contribution in [-0.2, 0) is 0 Å². The number of hydrogen-bond acceptors (Lipinski definition) is 6. The molecule has 154 valence electrons. The molecule has 3 aromatic carbocycles. The van der Waals surface area contributed by atoms with Crippen molar-refractivity contribution in [3.05, 3.63) is 93.5 Å². The Morgan fingerprint density at radius 3 is 2.19 bits per heavy atom. The summed E-state index contributed by atoms with van der Waals surface area (Å²) < 4.78 is 5.07. The molecular formula is C22H15N3O6. The van der Waals surface area contributed by atoms with Gasteiger partial charge in [-0.15, -0.1) is 0 Å². The van der Waals surface area contributed by atoms with Crippen molar-refractivity contribution in [3.63, 3.8) is 0 Å². The van der Waals surface area contributed by atoms with Gasteiger partial charge in [-0.1, -0.05) is 0 Å². The van der Waals surface area contributed by atoms with Gasteiger partial charge < -0.3 is 10.1 Å². The predicted molar refractivity (Wildman–Crippen MR) is 112 cm³/mol. The summed E-state index contributed by atoms with van der Waals surface area (Å²) in [5, 5.41) is 13.7. The van der Waals surface area contributed by atoms with Gasteiger partial charge in [-0.2, -0.15) is 0 Å². The van der Waals surface area contributed by atoms with E-state index in [2.05, 4.69) is 5.32 Å². The topological polar surface area (TPSA) is 119 Å². The Labute approximate surface area is 176 Å². The maximum Gasteiger partial charge on any atom is 0.270 e. The summed E-state index contributed by atoms with van der Waals surface area (Å²) in [5.74, 6) is -0.937. The van der Waals surface area contributed by atoms with Gasteiger partial charge in [-0.3, -0.25) is 24.5 Å². The number of carbonyl (C=O) groups is 3. The Morgan fingerprint density at radius 1 is 0.935 bits per heavy atom. The molecule has 9 nitrogen and oxygen atoms in total. The fourth-order valence-corrected chi connectivity index (χ4v) is 3.22. The number of rotatable bonds is 5. The molecule has 0 radical (unpaired) electrons. The monoisotopic (exact) mass is 417 g/mol. The Kier molecular flexibility index (Phi) is 4.92. The molecule has 1 heterocycles. The van der Waals surface area contributed by atoms with Gasteiger partial charge in [-0.05, 0) is 54.6 Å². The molecule has 0 atom stereocenters. The van der Waals surface area contributed by atoms with E-state index in [0.29, 0.717) is 17.0 Å². The molecule has 0 aromatic heterocycles. The molecule has 31 heavy (non-hydrogen) atoms. The van der Waals surface area contributed by atoms with Gasteiger partial charge in [0.05, 0.1) is 28.8 Å². The molecular weight excluding hydrogens is 402 g/mol. The molecule has 0 aliphatic carbocycles. The summed E-state index contributed by atoms with van der Waals surface area (Å²) in [7, 11) is 1.55. The lowest BCUT2D eigenvalue weighted by molar-refractivity contribution is -0.384. The van der Waals surface area contributed by atoms with Gasteiger partial charge in [-0.25, -0.2) is 4.90 Å². The number of nitro groups is 1. The third-order valence-electron chi connectivity index (χ3n) is 4.82. The van der Waals surface area contributed by atoms with Crippen molar-refractivity contribution in [2.75, 3.05) is 17.3 Å². The average molecular weight is 417 g/mol. The number of non-ortho nitro benzene ring substituents is 1. The van der Waals surface area contributed by atoms with Crippen LogP contribution in [0.15, 0.2) is 66.7 Å². The minimum atomic E-state index is -0.654. The molecule has 0 unspecified atom stereocenters. The van der Waals surface area contributed by atoms with Gasteiger partial charge in [0.2, 0.25) is 0 Å². The van der Waals surface area contributed by atoms with Crippen LogP contribution in [0.4, 0.5) is 17.1 Å². The largest absolute Gasteiger partial charge is 0.497 e. The minimum absolute atomic E-state index is 0.0273. The highest BCUT2D eigenvalue weighted by atomic mass is 16.6. The molecule has 9 heteroatoms. The van der Waals surface area contributed by atoms with E-state index in [0.717, 1.165) is 11.0 Å². The second kappa shape index (κ2) is 7.71. The van der Waals surface area contributed by atoms with Crippen LogP contribution < -0.4 is 15.0 Å². The van der Waals surface area contributed by atoms with Crippen LogP contribution >= 0.6 is 0 Å². The number of hydrogen-bond donors (Lipinski definition) is 1. The summed E-state index contributed by atoms with van der Waals surface area (Å²) in [6.07, 6.45) is 0. The van der Waals surface area contributed by atoms with Crippen molar-refractivity contribution in [3.8, 4) is 5.75 Å². The Bertz CT molecular complexity index is 1220. The second-order valence-electron chi connectivity index (χ2n) is 6.66. The molecule has 0 spiro atoms. The first-order valence-electron chi connectivity index (χ1n) is 9.12. The van der Waals surface area contributed by atoms with Crippen LogP contribution in [0.5, 0.6) is 5.75 Å². The Morgan fingerprint density at radius 2 is 1.58 bits per heavy atom. The lowest BCUT2D eigenvalue weighted by Gasteiger charge is -2.14. The van der Waals surface area contributed by atoms with E-state index >= 15 is 0 Å². The van der Waals surface area contributed by atoms with Crippen molar-refractivity contribution in [2.45, 2.75) is 0 Å². The van der Waals surface area contributed by atoms with Crippen LogP contribution in [0, 0.1) is 10.1 Å². The highest BCUT2D eigenvalue weighted by Gasteiger charge is 2.37. The zero-order chi connectivity index (χ0) is 22.1. The Hall–Kier alpha value is -4.53. The summed E-state index contributed by atoms with van der Waals surface area (Å²) in [6, 6.07) is 16.3. The third kappa shape index (κ3) is 3.60. The summed E-state index contributed by atoms with van der Waals surface area (Å²) in [6.45, 7) is 0. The zero-order valence-corrected chi connectivity index (χ0v) is 16.2. The van der Waals surface area contributed by atoms with Gasteiger partial charge in [0, 0.05) is 23.4 Å². The fourth-order valence-electron chi connectivity index (χ4n) is 3.22. The average Bonchev–Trinajstić information content (AvgIpc) is 3.04. The number of anilines is 2. The highest BCUT2D eigenvalue weighted by Crippen LogP contribution is 2.31. The van der Waals surface area contributed by atoms with Crippen molar-refractivity contribution >= 4 is 34.8 Å². The number of nitrogens with one attached hydrogen (secondary N) is 1. The second-order valence-corrected chi connectivity index (χ2v) is 6.66. The SMILES string of the molecule is COc1ccc(NC(=O)c2ccc(N3C(=O)c4ccc([N+](=O)[O-])cc4C3=O)cc2)cc1. The molecule has 0 bridgehead atoms. The quantitative estimate of drug-likeness (QED) is 0.384. The van der Waals surface area contributed by atoms with E-state index in [1.165, 1.54) is 36.4 Å². The molecule has 0 saturated carbocycles. The fraction of sp³-hybridized carbons (Fsp3) is 0.0455. The molecule has 3 amide bonds. The van der Waals surface area contributed by atoms with Crippen LogP contribution in [0.25, 0.3) is 0 Å². The Balaban J connectivity index is 1.53. The first-order valence-corrected chi connectivity index (χ1v) is 9.12. The molecule has 0 fully saturated rings. The van der Waals surface area contributed by atoms with Crippen molar-refractivity contribution in [1.82, 2.24) is 0 Å². The van der Waals surface area contributed by atoms with E-state index in [9.17, 15) is 24.5 Å². The summed E-state index contributed by atoms with van der Waals surface area (Å²) in [4.78, 5) is 49.0. The number of amides is 3. The van der Waals surface area contributed by atoms with Crippen molar-refractivity contribution in [2.24, 2.45) is 0 Å². The molecule has 1 aliphatic heterocycles. The van der Waals surface area contributed by atoms with Crippen molar-refractivity contribution < 1.29 is 24.0 Å². The number of nitrogens with zero attached hydrogens (tertiary/aromatic N) is 2. The van der Waals surface area contributed by atoms with Gasteiger partial charge in [0.1, 0.15) is 5.75 Å². The zero-order valence-electron chi connectivity index (χ0n) is 16.2. The number of fused-ring (bicyclic) bond motifs is 1. The number of nitro benzene ring substituents is 1. The highest BCUT2D eigenvalue weighted by molar-refractivity contribution is 6.34. The van der Waals surface area contributed by atoms with Crippen LogP contribution in [0.2, 0.25) is 0 Å². The number of methoxy groups -OCH3 is 1. The predicted octanol–water partition coefficient (Wildman–Crippen LogP) is 3.66. The standard InChI is InChI=1S/C22H15N3O6/c1-31-17-9-4-14(5-10-17)23-20(26)13-2-6-15(7-3-13)24-21(27)18-11-8-16(25(29)30)12-19(18)22(24)28/h2-12H,1H3,(H,23,26). The van der Waals surface area contributed by atoms with Gasteiger partial charge in [0.25, 0.3) is 23.4 Å². The first-order chi connectivity index (χ1) is 14.9. The summed E-state index contributed by atoms with van der Waals surface area (Å²) in [5.41, 5.74) is 0.961. The van der Waals surface area contributed by atoms with E-state index in [1.807, 2.05) is 0 Å². The lowest BCUT2D eigenvalue weighted by atomic mass is 10.1. The molecule has 1 aliphatic rings. The van der Waals surface area contributed by atoms with Crippen LogP contribution in [0.1, 0.15) is 31.1 Å². The van der Waals surface area contributed by atoms with Crippen molar-refractivity contribution in [1.29, 1.82) is 0 Å². The number of carbonyl (C=O) groups excluding carboxylic acids is 3. The van der Waals surface area contributed by atoms with Gasteiger partial charge >= 0.3 is 0 Å². The maximum atomic E-state index is 12.7. The number of imide groups is 1. The van der Waals surface area contributed by atoms with E-state index in [1.54, 1.807) is 31.4 Å². The summed E-state index contributed by atoms with van der Waals surface area (Å²) >= 11 is 0. The first kappa shape index (κ1) is 19.8. The number of benzene rings is 3. The van der Waals surface area contributed by atoms with E-state index < -0.39 is 16.7 Å². The third-order valence-corrected chi connectivity index (χ3v) is 4.82. The maximum absolute atomic E-state index is 12.7. The molecule has 4 rings (SSSR count). The minimum Gasteiger partial charge on any atom is -0.497 e. The molecule has 0 saturated heterocycles. The molecule has 1 N–H and O–H groups in total. The van der Waals surface area contributed by atoms with E-state index in [4.69, 9.17) is 4.74 Å². The number of ether oxygens (including phenoxy) is 1. The van der Waals surface area contributed by atoms with E-state index in [-0.39, 0.29) is 28.4 Å². The van der Waals surface area contributed by atoms with Crippen LogP contribution in [0.3, 0.4) is 0 Å². The van der Waals surface area contributed by atoms with Gasteiger partial charge in [0.15, 0.2) is 0 Å². The normalized spacial score (nSPS) is 12.5. The lowest BCUT2D eigenvalue weighted by Crippen LogP contribution is -2.29. The van der Waals surface area contributed by atoms with Crippen LogP contribution in [-0.4, -0.2) is 29.8 Å².